The molecule has 2 aromatic rings. The van der Waals surface area contributed by atoms with Crippen LogP contribution in [-0.4, -0.2) is 18.4 Å². The van der Waals surface area contributed by atoms with E-state index in [0.29, 0.717) is 41.7 Å². The molecule has 3 rings (SSSR count). The number of ether oxygens (including phenoxy) is 1. The molecule has 0 saturated carbocycles. The summed E-state index contributed by atoms with van der Waals surface area (Å²) in [4.78, 5) is 23.7. The van der Waals surface area contributed by atoms with E-state index in [1.807, 2.05) is 5.32 Å². The quantitative estimate of drug-likeness (QED) is 0.555. The second kappa shape index (κ2) is 9.21. The maximum atomic E-state index is 14.6. The van der Waals surface area contributed by atoms with Crippen LogP contribution >= 0.6 is 0 Å². The van der Waals surface area contributed by atoms with Crippen LogP contribution in [0.5, 0.6) is 0 Å². The number of halogens is 5. The third-order valence-corrected chi connectivity index (χ3v) is 4.43. The molecule has 0 aliphatic heterocycles. The summed E-state index contributed by atoms with van der Waals surface area (Å²) in [5, 5.41) is 4.06. The average Bonchev–Trinajstić information content (AvgIpc) is 2.71. The molecule has 2 amide bonds. The lowest BCUT2D eigenvalue weighted by Crippen LogP contribution is -2.21. The Labute approximate surface area is 179 Å². The summed E-state index contributed by atoms with van der Waals surface area (Å²) < 4.78 is 72.2. The minimum Gasteiger partial charge on any atom is -0.493 e. The first-order valence-corrected chi connectivity index (χ1v) is 9.41. The van der Waals surface area contributed by atoms with Crippen LogP contribution < -0.4 is 10.6 Å². The van der Waals surface area contributed by atoms with Crippen molar-refractivity contribution in [1.29, 1.82) is 0 Å². The fourth-order valence-corrected chi connectivity index (χ4v) is 2.98. The van der Waals surface area contributed by atoms with E-state index >= 15 is 0 Å². The topological polar surface area (TPSA) is 67.4 Å². The van der Waals surface area contributed by atoms with Crippen LogP contribution in [0.1, 0.15) is 24.5 Å². The van der Waals surface area contributed by atoms with E-state index in [4.69, 9.17) is 4.74 Å². The third-order valence-electron chi connectivity index (χ3n) is 4.43. The molecule has 0 aromatic heterocycles. The molecule has 0 fully saturated rings. The van der Waals surface area contributed by atoms with Gasteiger partial charge >= 0.3 is 12.2 Å². The fourth-order valence-electron chi connectivity index (χ4n) is 2.98. The molecule has 5 nitrogen and oxygen atoms in total. The van der Waals surface area contributed by atoms with E-state index in [9.17, 15) is 31.5 Å². The monoisotopic (exact) mass is 452 g/mol. The molecular formula is C22H17F5N2O3. The van der Waals surface area contributed by atoms with Gasteiger partial charge in [-0.25, -0.2) is 13.6 Å². The van der Waals surface area contributed by atoms with E-state index in [0.717, 1.165) is 6.07 Å². The zero-order chi connectivity index (χ0) is 23.5. The number of allylic oxidation sites excluding steroid dienone is 3. The van der Waals surface area contributed by atoms with Gasteiger partial charge in [0.05, 0.1) is 23.5 Å². The number of urea groups is 1. The number of rotatable bonds is 5. The second-order valence-electron chi connectivity index (χ2n) is 6.70. The number of benzene rings is 2. The number of carbonyl (C=O) groups is 2. The fraction of sp³-hybridized carbons (Fsp3) is 0.182. The molecule has 0 spiro atoms. The Hall–Kier alpha value is -3.69. The highest BCUT2D eigenvalue weighted by molar-refractivity contribution is 6.01. The maximum absolute atomic E-state index is 14.6. The van der Waals surface area contributed by atoms with Gasteiger partial charge < -0.3 is 15.4 Å². The van der Waals surface area contributed by atoms with Crippen LogP contribution in [0.15, 0.2) is 54.3 Å². The number of alkyl halides is 3. The molecule has 0 bridgehead atoms. The van der Waals surface area contributed by atoms with Gasteiger partial charge in [0.2, 0.25) is 0 Å². The zero-order valence-corrected chi connectivity index (χ0v) is 16.6. The van der Waals surface area contributed by atoms with Crippen molar-refractivity contribution >= 4 is 28.8 Å². The summed E-state index contributed by atoms with van der Waals surface area (Å²) in [7, 11) is 0. The molecule has 1 aliphatic carbocycles. The minimum absolute atomic E-state index is 0.123. The van der Waals surface area contributed by atoms with Gasteiger partial charge in [-0.3, -0.25) is 4.79 Å². The van der Waals surface area contributed by atoms with Gasteiger partial charge in [0.15, 0.2) is 5.78 Å². The summed E-state index contributed by atoms with van der Waals surface area (Å²) in [6.45, 7) is 2.03. The predicted molar refractivity (Wildman–Crippen MR) is 108 cm³/mol. The van der Waals surface area contributed by atoms with Crippen molar-refractivity contribution in [3.63, 3.8) is 0 Å². The predicted octanol–water partition coefficient (Wildman–Crippen LogP) is 5.90. The Balaban J connectivity index is 1.76. The highest BCUT2D eigenvalue weighted by Crippen LogP contribution is 2.32. The summed E-state index contributed by atoms with van der Waals surface area (Å²) in [5.74, 6) is -1.80. The molecular weight excluding hydrogens is 435 g/mol. The van der Waals surface area contributed by atoms with Gasteiger partial charge in [0, 0.05) is 18.1 Å². The molecule has 0 saturated heterocycles. The largest absolute Gasteiger partial charge is 0.493 e. The molecule has 0 unspecified atom stereocenters. The lowest BCUT2D eigenvalue weighted by Gasteiger charge is -2.17. The van der Waals surface area contributed by atoms with Crippen molar-refractivity contribution in [1.82, 2.24) is 0 Å². The molecule has 168 valence electrons. The SMILES string of the molecule is CCOC1=CC(=O)CC=C1c1ccc(NC(=O)Nc2cc(C(F)(F)F)ccc2F)c(F)c1. The standard InChI is InChI=1S/C22H17F5N2O3/c1-2-32-20-11-14(30)5-6-15(20)12-3-8-18(17(24)9-12)28-21(31)29-19-10-13(22(25,26)27)4-7-16(19)23/h3-4,6-11H,2,5H2,1H3,(H2,28,29,31). The molecule has 0 atom stereocenters. The van der Waals surface area contributed by atoms with Gasteiger partial charge in [-0.05, 0) is 42.8 Å². The van der Waals surface area contributed by atoms with E-state index in [1.165, 1.54) is 18.2 Å². The summed E-state index contributed by atoms with van der Waals surface area (Å²) in [5.41, 5.74) is -1.25. The number of amides is 2. The van der Waals surface area contributed by atoms with Crippen molar-refractivity contribution in [2.24, 2.45) is 0 Å². The van der Waals surface area contributed by atoms with E-state index in [-0.39, 0.29) is 17.9 Å². The molecule has 2 aromatic carbocycles. The van der Waals surface area contributed by atoms with Crippen LogP contribution in [0, 0.1) is 11.6 Å². The van der Waals surface area contributed by atoms with Crippen molar-refractivity contribution in [3.05, 3.63) is 77.1 Å². The normalized spacial score (nSPS) is 13.9. The van der Waals surface area contributed by atoms with Gasteiger partial charge in [-0.15, -0.1) is 0 Å². The van der Waals surface area contributed by atoms with Gasteiger partial charge in [-0.2, -0.15) is 13.2 Å². The van der Waals surface area contributed by atoms with Gasteiger partial charge in [-0.1, -0.05) is 12.1 Å². The maximum Gasteiger partial charge on any atom is 0.416 e. The number of carbonyl (C=O) groups excluding carboxylic acids is 2. The van der Waals surface area contributed by atoms with E-state index < -0.39 is 35.1 Å². The average molecular weight is 452 g/mol. The van der Waals surface area contributed by atoms with Crippen LogP contribution in [0.2, 0.25) is 0 Å². The second-order valence-corrected chi connectivity index (χ2v) is 6.70. The third kappa shape index (κ3) is 5.32. The molecule has 0 heterocycles. The van der Waals surface area contributed by atoms with E-state index in [1.54, 1.807) is 13.0 Å². The zero-order valence-electron chi connectivity index (χ0n) is 16.6. The van der Waals surface area contributed by atoms with Crippen molar-refractivity contribution < 1.29 is 36.3 Å². The van der Waals surface area contributed by atoms with Gasteiger partial charge in [0.25, 0.3) is 0 Å². The minimum atomic E-state index is -4.73. The lowest BCUT2D eigenvalue weighted by molar-refractivity contribution is -0.137. The van der Waals surface area contributed by atoms with Crippen LogP contribution in [0.25, 0.3) is 5.57 Å². The Morgan fingerprint density at radius 1 is 1.03 bits per heavy atom. The molecule has 2 N–H and O–H groups in total. The Kier molecular flexibility index (Phi) is 6.61. The van der Waals surface area contributed by atoms with Crippen molar-refractivity contribution in [2.75, 3.05) is 17.2 Å². The molecule has 0 radical (unpaired) electrons. The Morgan fingerprint density at radius 3 is 2.41 bits per heavy atom. The first-order chi connectivity index (χ1) is 15.1. The highest BCUT2D eigenvalue weighted by atomic mass is 19.4. The molecule has 32 heavy (non-hydrogen) atoms. The number of nitrogens with one attached hydrogen (secondary N) is 2. The number of ketones is 1. The summed E-state index contributed by atoms with van der Waals surface area (Å²) in [6, 6.07) is 4.22. The summed E-state index contributed by atoms with van der Waals surface area (Å²) >= 11 is 0. The lowest BCUT2D eigenvalue weighted by atomic mass is 9.96. The number of hydrogen-bond donors (Lipinski definition) is 2. The van der Waals surface area contributed by atoms with Crippen LogP contribution in [-0.2, 0) is 15.7 Å². The first kappa shape index (κ1) is 23.0. The van der Waals surface area contributed by atoms with Crippen molar-refractivity contribution in [2.45, 2.75) is 19.5 Å². The number of hydrogen-bond acceptors (Lipinski definition) is 3. The van der Waals surface area contributed by atoms with Crippen LogP contribution in [0.4, 0.5) is 38.1 Å². The Morgan fingerprint density at radius 2 is 1.75 bits per heavy atom. The summed E-state index contributed by atoms with van der Waals surface area (Å²) in [6.07, 6.45) is -1.69. The Bertz CT molecular complexity index is 1120. The first-order valence-electron chi connectivity index (χ1n) is 9.41. The van der Waals surface area contributed by atoms with Crippen molar-refractivity contribution in [3.8, 4) is 0 Å². The number of anilines is 2. The molecule has 10 heteroatoms. The van der Waals surface area contributed by atoms with Gasteiger partial charge in [0.1, 0.15) is 17.4 Å². The van der Waals surface area contributed by atoms with Crippen LogP contribution in [0.3, 0.4) is 0 Å². The highest BCUT2D eigenvalue weighted by Gasteiger charge is 2.31. The molecule has 1 aliphatic rings. The smallest absolute Gasteiger partial charge is 0.416 e. The van der Waals surface area contributed by atoms with E-state index in [2.05, 4.69) is 5.32 Å².